The third kappa shape index (κ3) is 2.76. The number of aliphatic imine (C=N–C) groups is 1. The van der Waals surface area contributed by atoms with Crippen molar-refractivity contribution in [3.8, 4) is 5.75 Å². The average molecular weight is 192 g/mol. The van der Waals surface area contributed by atoms with E-state index in [-0.39, 0.29) is 0 Å². The minimum absolute atomic E-state index is 0.831. The molecule has 0 aliphatic rings. The number of ether oxygens (including phenoxy) is 1. The van der Waals surface area contributed by atoms with Gasteiger partial charge < -0.3 is 9.64 Å². The van der Waals surface area contributed by atoms with E-state index in [0.29, 0.717) is 0 Å². The van der Waals surface area contributed by atoms with Gasteiger partial charge in [0, 0.05) is 20.2 Å². The highest BCUT2D eigenvalue weighted by Crippen LogP contribution is 2.19. The fourth-order valence-corrected chi connectivity index (χ4v) is 0.967. The van der Waals surface area contributed by atoms with Crippen molar-refractivity contribution in [3.63, 3.8) is 0 Å². The molecule has 0 spiro atoms. The zero-order valence-electron chi connectivity index (χ0n) is 9.11. The van der Waals surface area contributed by atoms with E-state index < -0.39 is 0 Å². The van der Waals surface area contributed by atoms with E-state index in [1.807, 2.05) is 50.2 Å². The van der Waals surface area contributed by atoms with E-state index in [4.69, 9.17) is 4.74 Å². The summed E-state index contributed by atoms with van der Waals surface area (Å²) in [5.74, 6) is 1.80. The van der Waals surface area contributed by atoms with Crippen molar-refractivity contribution < 1.29 is 4.74 Å². The van der Waals surface area contributed by atoms with Crippen LogP contribution in [-0.4, -0.2) is 31.9 Å². The normalized spacial score (nSPS) is 11.3. The van der Waals surface area contributed by atoms with Crippen LogP contribution in [0.1, 0.15) is 6.92 Å². The van der Waals surface area contributed by atoms with Crippen molar-refractivity contribution in [1.29, 1.82) is 0 Å². The van der Waals surface area contributed by atoms with Crippen molar-refractivity contribution in [1.82, 2.24) is 4.90 Å². The molecule has 0 aliphatic heterocycles. The molecule has 76 valence electrons. The van der Waals surface area contributed by atoms with Gasteiger partial charge in [-0.1, -0.05) is 6.07 Å². The lowest BCUT2D eigenvalue weighted by atomic mass is 10.3. The Bertz CT molecular complexity index is 332. The predicted molar refractivity (Wildman–Crippen MR) is 59.5 cm³/mol. The number of rotatable bonds is 2. The second-order valence-electron chi connectivity index (χ2n) is 3.25. The van der Waals surface area contributed by atoms with E-state index in [9.17, 15) is 0 Å². The molecule has 0 aliphatic carbocycles. The molecule has 0 fully saturated rings. The fraction of sp³-hybridized carbons (Fsp3) is 0.364. The highest BCUT2D eigenvalue weighted by molar-refractivity contribution is 5.82. The molecule has 0 unspecified atom stereocenters. The van der Waals surface area contributed by atoms with Gasteiger partial charge in [0.05, 0.1) is 12.8 Å². The molecule has 1 aromatic carbocycles. The molecule has 1 rings (SSSR count). The van der Waals surface area contributed by atoms with Crippen LogP contribution in [0.4, 0.5) is 5.69 Å². The molecule has 0 amide bonds. The fourth-order valence-electron chi connectivity index (χ4n) is 0.967. The van der Waals surface area contributed by atoms with Gasteiger partial charge in [-0.15, -0.1) is 0 Å². The molecule has 1 aromatic rings. The predicted octanol–water partition coefficient (Wildman–Crippen LogP) is 2.31. The molecule has 14 heavy (non-hydrogen) atoms. The van der Waals surface area contributed by atoms with E-state index in [1.165, 1.54) is 0 Å². The molecule has 0 atom stereocenters. The summed E-state index contributed by atoms with van der Waals surface area (Å²) in [5, 5.41) is 0. The third-order valence-electron chi connectivity index (χ3n) is 1.99. The van der Waals surface area contributed by atoms with Crippen LogP contribution in [0.5, 0.6) is 5.75 Å². The van der Waals surface area contributed by atoms with Gasteiger partial charge in [-0.05, 0) is 19.1 Å². The van der Waals surface area contributed by atoms with Crippen LogP contribution in [0.2, 0.25) is 0 Å². The van der Waals surface area contributed by atoms with Gasteiger partial charge in [0.2, 0.25) is 0 Å². The molecule has 0 N–H and O–H groups in total. The third-order valence-corrected chi connectivity index (χ3v) is 1.99. The summed E-state index contributed by atoms with van der Waals surface area (Å²) in [6, 6.07) is 7.70. The number of amidine groups is 1. The highest BCUT2D eigenvalue weighted by atomic mass is 16.5. The number of hydrogen-bond donors (Lipinski definition) is 0. The summed E-state index contributed by atoms with van der Waals surface area (Å²) in [4.78, 5) is 6.40. The second-order valence-corrected chi connectivity index (χ2v) is 3.25. The highest BCUT2D eigenvalue weighted by Gasteiger charge is 1.96. The standard InChI is InChI=1S/C11H16N2O/c1-9(13(2)3)12-10-6-5-7-11(8-10)14-4/h5-8H,1-4H3. The Hall–Kier alpha value is -1.51. The zero-order chi connectivity index (χ0) is 10.6. The maximum Gasteiger partial charge on any atom is 0.121 e. The molecule has 0 saturated carbocycles. The lowest BCUT2D eigenvalue weighted by Crippen LogP contribution is -2.17. The summed E-state index contributed by atoms with van der Waals surface area (Å²) in [7, 11) is 5.60. The van der Waals surface area contributed by atoms with Gasteiger partial charge in [-0.3, -0.25) is 0 Å². The summed E-state index contributed by atoms with van der Waals surface area (Å²) in [5.41, 5.74) is 0.913. The van der Waals surface area contributed by atoms with E-state index in [0.717, 1.165) is 17.3 Å². The Labute approximate surface area is 85.0 Å². The van der Waals surface area contributed by atoms with Gasteiger partial charge in [-0.2, -0.15) is 0 Å². The molecule has 0 bridgehead atoms. The Morgan fingerprint density at radius 1 is 1.36 bits per heavy atom. The van der Waals surface area contributed by atoms with Gasteiger partial charge in [-0.25, -0.2) is 4.99 Å². The van der Waals surface area contributed by atoms with Crippen LogP contribution in [0.25, 0.3) is 0 Å². The maximum atomic E-state index is 5.11. The minimum atomic E-state index is 0.831. The van der Waals surface area contributed by atoms with Crippen LogP contribution >= 0.6 is 0 Å². The van der Waals surface area contributed by atoms with Gasteiger partial charge in [0.25, 0.3) is 0 Å². The van der Waals surface area contributed by atoms with E-state index >= 15 is 0 Å². The maximum absolute atomic E-state index is 5.11. The summed E-state index contributed by atoms with van der Waals surface area (Å²) >= 11 is 0. The summed E-state index contributed by atoms with van der Waals surface area (Å²) in [6.45, 7) is 1.97. The van der Waals surface area contributed by atoms with Crippen LogP contribution < -0.4 is 4.74 Å². The molecule has 0 heterocycles. The summed E-state index contributed by atoms with van der Waals surface area (Å²) < 4.78 is 5.11. The average Bonchev–Trinajstić information content (AvgIpc) is 2.18. The first-order valence-electron chi connectivity index (χ1n) is 4.50. The van der Waals surface area contributed by atoms with Crippen molar-refractivity contribution in [3.05, 3.63) is 24.3 Å². The molecule has 0 radical (unpaired) electrons. The Morgan fingerprint density at radius 3 is 2.64 bits per heavy atom. The van der Waals surface area contributed by atoms with Crippen molar-refractivity contribution in [2.45, 2.75) is 6.92 Å². The van der Waals surface area contributed by atoms with Crippen molar-refractivity contribution in [2.75, 3.05) is 21.2 Å². The van der Waals surface area contributed by atoms with Crippen molar-refractivity contribution >= 4 is 11.5 Å². The van der Waals surface area contributed by atoms with Gasteiger partial charge in [0.1, 0.15) is 11.6 Å². The largest absolute Gasteiger partial charge is 0.497 e. The Morgan fingerprint density at radius 2 is 2.07 bits per heavy atom. The van der Waals surface area contributed by atoms with Gasteiger partial charge >= 0.3 is 0 Å². The second kappa shape index (κ2) is 4.65. The number of nitrogens with zero attached hydrogens (tertiary/aromatic N) is 2. The minimum Gasteiger partial charge on any atom is -0.497 e. The summed E-state index contributed by atoms with van der Waals surface area (Å²) in [6.07, 6.45) is 0. The van der Waals surface area contributed by atoms with Crippen LogP contribution in [-0.2, 0) is 0 Å². The lowest BCUT2D eigenvalue weighted by molar-refractivity contribution is 0.415. The number of hydrogen-bond acceptors (Lipinski definition) is 2. The first-order valence-corrected chi connectivity index (χ1v) is 4.50. The Kier molecular flexibility index (Phi) is 3.51. The quantitative estimate of drug-likeness (QED) is 0.530. The van der Waals surface area contributed by atoms with Crippen LogP contribution in [0.3, 0.4) is 0 Å². The Balaban J connectivity index is 2.91. The molecule has 3 heteroatoms. The lowest BCUT2D eigenvalue weighted by Gasteiger charge is -2.11. The first kappa shape index (κ1) is 10.6. The van der Waals surface area contributed by atoms with Crippen LogP contribution in [0, 0.1) is 0 Å². The SMILES string of the molecule is COc1cccc(N=C(C)N(C)C)c1. The van der Waals surface area contributed by atoms with Gasteiger partial charge in [0.15, 0.2) is 0 Å². The molecular formula is C11H16N2O. The molecule has 0 saturated heterocycles. The monoisotopic (exact) mass is 192 g/mol. The molecule has 0 aromatic heterocycles. The van der Waals surface area contributed by atoms with Crippen molar-refractivity contribution in [2.24, 2.45) is 4.99 Å². The molecular weight excluding hydrogens is 176 g/mol. The zero-order valence-corrected chi connectivity index (χ0v) is 9.11. The van der Waals surface area contributed by atoms with Crippen LogP contribution in [0.15, 0.2) is 29.3 Å². The topological polar surface area (TPSA) is 24.8 Å². The number of methoxy groups -OCH3 is 1. The molecule has 3 nitrogen and oxygen atoms in total. The van der Waals surface area contributed by atoms with E-state index in [1.54, 1.807) is 7.11 Å². The number of benzene rings is 1. The first-order chi connectivity index (χ1) is 6.63. The smallest absolute Gasteiger partial charge is 0.121 e. The van der Waals surface area contributed by atoms with E-state index in [2.05, 4.69) is 4.99 Å².